The summed E-state index contributed by atoms with van der Waals surface area (Å²) in [5.41, 5.74) is 29.0. The molecule has 21 N–H and O–H groups in total. The zero-order valence-corrected chi connectivity index (χ0v) is 51.0. The highest BCUT2D eigenvalue weighted by molar-refractivity contribution is 5.99. The van der Waals surface area contributed by atoms with Gasteiger partial charge in [0, 0.05) is 51.7 Å². The molecule has 0 radical (unpaired) electrons. The van der Waals surface area contributed by atoms with E-state index in [0.29, 0.717) is 24.0 Å². The molecule has 0 aliphatic carbocycles. The van der Waals surface area contributed by atoms with Gasteiger partial charge in [0.2, 0.25) is 59.1 Å². The van der Waals surface area contributed by atoms with Gasteiger partial charge in [0.05, 0.1) is 12.1 Å². The van der Waals surface area contributed by atoms with Crippen LogP contribution in [0.15, 0.2) is 59.6 Å². The smallest absolute Gasteiger partial charge is 0.326 e. The van der Waals surface area contributed by atoms with Crippen LogP contribution in [0.5, 0.6) is 5.75 Å². The van der Waals surface area contributed by atoms with Gasteiger partial charge in [-0.2, -0.15) is 0 Å². The van der Waals surface area contributed by atoms with E-state index in [9.17, 15) is 68.1 Å². The van der Waals surface area contributed by atoms with Crippen LogP contribution < -0.4 is 65.9 Å². The Morgan fingerprint density at radius 3 is 1.77 bits per heavy atom. The number of aromatic hydroxyl groups is 1. The van der Waals surface area contributed by atoms with Crippen molar-refractivity contribution in [1.29, 1.82) is 0 Å². The largest absolute Gasteiger partial charge is 0.508 e. The van der Waals surface area contributed by atoms with E-state index in [-0.39, 0.29) is 102 Å². The number of rotatable bonds is 37. The van der Waals surface area contributed by atoms with Crippen molar-refractivity contribution in [3.8, 4) is 5.75 Å². The molecule has 10 amide bonds. The van der Waals surface area contributed by atoms with Gasteiger partial charge in [-0.15, -0.1) is 0 Å². The minimum absolute atomic E-state index is 0.00278. The number of phenols is 1. The predicted octanol–water partition coefficient (Wildman–Crippen LogP) is -3.69. The van der Waals surface area contributed by atoms with Crippen LogP contribution in [-0.4, -0.2) is 200 Å². The minimum Gasteiger partial charge on any atom is -0.508 e. The highest BCUT2D eigenvalue weighted by Gasteiger charge is 2.47. The van der Waals surface area contributed by atoms with Crippen LogP contribution in [0, 0.1) is 5.92 Å². The van der Waals surface area contributed by atoms with Gasteiger partial charge in [-0.05, 0) is 87.1 Å². The minimum atomic E-state index is -1.58. The Bertz CT molecular complexity index is 2840. The Balaban J connectivity index is 1.64. The quantitative estimate of drug-likeness (QED) is 0.0176. The van der Waals surface area contributed by atoms with E-state index in [0.717, 1.165) is 4.90 Å². The number of guanidine groups is 1. The number of nitrogens with one attached hydrogen (secondary N) is 7. The third-order valence-electron chi connectivity index (χ3n) is 15.6. The molecule has 2 aromatic carbocycles. The second kappa shape index (κ2) is 36.5. The average Bonchev–Trinajstić information content (AvgIpc) is 1.77. The molecule has 0 aromatic heterocycles. The fourth-order valence-corrected chi connectivity index (χ4v) is 10.4. The lowest BCUT2D eigenvalue weighted by Gasteiger charge is -2.34. The number of carbonyl (C=O) groups excluding carboxylic acids is 10. The van der Waals surface area contributed by atoms with Crippen LogP contribution in [0.25, 0.3) is 0 Å². The van der Waals surface area contributed by atoms with Crippen molar-refractivity contribution >= 4 is 77.0 Å². The van der Waals surface area contributed by atoms with E-state index >= 15 is 4.79 Å². The van der Waals surface area contributed by atoms with Gasteiger partial charge in [0.1, 0.15) is 60.1 Å². The standard InChI is InChI=1S/C59H89N15O16/c1-4-11-38(50(81)69-41(58(89)90)21-23-47(78)79)68-55(86)48(32(3)5-2)72-54(85)45-30-36(76)31-74(45)57(88)44-15-10-27-73(44)56(87)43(29-33-12-7-6-8-13-33)71-53(84)42(28-34-16-18-35(75)19-17-34)70-52(83)40(20-22-46(62)77)67-51(82)39(14-9-26-65-59(63)64)66-49(80)37(61)24-25-60/h6-8,12-13,16-19,32,36-45,48,75-76H,4-5,9-11,14-15,20-31,60-61H2,1-3H3,(H2,62,77)(H,66,80)(H,67,82)(H,68,86)(H,69,81)(H,70,83)(H,71,84)(H,72,85)(H,78,79)(H,89,90)(H4,63,64,65)/t32-,36+,37-,38-,39-,40-,41-,42-,43-,44-,45-,48-/m0/s1. The maximum Gasteiger partial charge on any atom is 0.326 e. The molecule has 496 valence electrons. The second-order valence-electron chi connectivity index (χ2n) is 22.6. The molecule has 12 atom stereocenters. The van der Waals surface area contributed by atoms with E-state index in [2.05, 4.69) is 42.2 Å². The summed E-state index contributed by atoms with van der Waals surface area (Å²) in [5, 5.41) is 58.1. The van der Waals surface area contributed by atoms with Crippen molar-refractivity contribution < 1.29 is 78.0 Å². The molecule has 2 fully saturated rings. The fourth-order valence-electron chi connectivity index (χ4n) is 10.4. The number of carboxylic acids is 2. The number of aliphatic hydroxyl groups excluding tert-OH is 1. The lowest BCUT2D eigenvalue weighted by Crippen LogP contribution is -2.61. The molecule has 31 heteroatoms. The normalized spacial score (nSPS) is 18.3. The van der Waals surface area contributed by atoms with E-state index in [1.54, 1.807) is 51.1 Å². The number of likely N-dealkylation sites (tertiary alicyclic amines) is 2. The zero-order chi connectivity index (χ0) is 66.8. The summed E-state index contributed by atoms with van der Waals surface area (Å²) in [4.78, 5) is 170. The van der Waals surface area contributed by atoms with Gasteiger partial charge < -0.3 is 96.1 Å². The molecule has 90 heavy (non-hydrogen) atoms. The van der Waals surface area contributed by atoms with E-state index in [1.165, 1.54) is 29.2 Å². The number of nitrogens with two attached hydrogens (primary N) is 5. The Labute approximate surface area is 521 Å². The first-order valence-electron chi connectivity index (χ1n) is 30.1. The van der Waals surface area contributed by atoms with E-state index in [1.807, 2.05) is 0 Å². The van der Waals surface area contributed by atoms with Crippen LogP contribution in [0.3, 0.4) is 0 Å². The lowest BCUT2D eigenvalue weighted by atomic mass is 9.96. The number of phenolic OH excluding ortho intramolecular Hbond substituents is 1. The molecule has 0 unspecified atom stereocenters. The first kappa shape index (κ1) is 73.5. The fraction of sp³-hybridized carbons (Fsp3) is 0.576. The maximum absolute atomic E-state index is 15.1. The molecule has 0 bridgehead atoms. The molecule has 2 saturated heterocycles. The molecular formula is C59H89N15O16. The summed E-state index contributed by atoms with van der Waals surface area (Å²) >= 11 is 0. The SMILES string of the molecule is CCC[C@H](NC(=O)[C@@H](NC(=O)[C@@H]1C[C@@H](O)CN1C(=O)[C@@H]1CCCN1C(=O)[C@H](Cc1ccccc1)NC(=O)[C@H](Cc1ccc(O)cc1)NC(=O)[C@H](CCC(N)=O)NC(=O)[C@H](CCCN=C(N)N)NC(=O)[C@@H](N)CCN)[C@@H](C)CC)C(=O)N[C@@H](CCC(=O)O)C(=O)O. The molecule has 4 rings (SSSR count). The van der Waals surface area contributed by atoms with Gasteiger partial charge in [-0.25, -0.2) is 4.79 Å². The topological polar surface area (TPSA) is 519 Å². The number of β-amino-alcohol motifs (C(OH)–C–C–N with tert-alkyl or cyclic N) is 1. The van der Waals surface area contributed by atoms with Crippen molar-refractivity contribution in [3.05, 3.63) is 65.7 Å². The van der Waals surface area contributed by atoms with Gasteiger partial charge in [-0.3, -0.25) is 57.7 Å². The van der Waals surface area contributed by atoms with Gasteiger partial charge in [-0.1, -0.05) is 76.1 Å². The summed E-state index contributed by atoms with van der Waals surface area (Å²) in [6.45, 7) is 4.88. The monoisotopic (exact) mass is 1260 g/mol. The molecular weight excluding hydrogens is 1170 g/mol. The summed E-state index contributed by atoms with van der Waals surface area (Å²) in [7, 11) is 0. The molecule has 2 aromatic rings. The van der Waals surface area contributed by atoms with Gasteiger partial charge in [0.15, 0.2) is 5.96 Å². The number of nitrogens with zero attached hydrogens (tertiary/aromatic N) is 3. The van der Waals surface area contributed by atoms with Gasteiger partial charge in [0.25, 0.3) is 0 Å². The number of aliphatic carboxylic acids is 2. The Hall–Kier alpha value is -8.97. The third kappa shape index (κ3) is 23.2. The number of aliphatic hydroxyl groups is 1. The Morgan fingerprint density at radius 1 is 0.633 bits per heavy atom. The number of benzene rings is 2. The molecule has 2 aliphatic heterocycles. The van der Waals surface area contributed by atoms with Gasteiger partial charge >= 0.3 is 11.9 Å². The van der Waals surface area contributed by atoms with Crippen molar-refractivity contribution in [3.63, 3.8) is 0 Å². The summed E-state index contributed by atoms with van der Waals surface area (Å²) in [5.74, 6) is -12.1. The van der Waals surface area contributed by atoms with E-state index in [4.69, 9.17) is 33.8 Å². The summed E-state index contributed by atoms with van der Waals surface area (Å²) < 4.78 is 0. The second-order valence-corrected chi connectivity index (χ2v) is 22.6. The Kier molecular flexibility index (Phi) is 29.8. The molecule has 31 nitrogen and oxygen atoms in total. The highest BCUT2D eigenvalue weighted by Crippen LogP contribution is 2.27. The highest BCUT2D eigenvalue weighted by atomic mass is 16.4. The summed E-state index contributed by atoms with van der Waals surface area (Å²) in [6.07, 6.45) is -2.45. The molecule has 2 aliphatic rings. The zero-order valence-electron chi connectivity index (χ0n) is 51.0. The number of hydrogen-bond acceptors (Lipinski definition) is 17. The van der Waals surface area contributed by atoms with Crippen LogP contribution in [0.2, 0.25) is 0 Å². The third-order valence-corrected chi connectivity index (χ3v) is 15.6. The lowest BCUT2D eigenvalue weighted by molar-refractivity contribution is -0.148. The number of aliphatic imine (C=N–C) groups is 1. The number of hydrogen-bond donors (Lipinski definition) is 16. The first-order valence-corrected chi connectivity index (χ1v) is 30.1. The van der Waals surface area contributed by atoms with Crippen molar-refractivity contribution in [2.24, 2.45) is 39.6 Å². The predicted molar refractivity (Wildman–Crippen MR) is 325 cm³/mol. The number of primary amides is 1. The molecule has 0 saturated carbocycles. The van der Waals surface area contributed by atoms with Crippen LogP contribution >= 0.6 is 0 Å². The van der Waals surface area contributed by atoms with Crippen molar-refractivity contribution in [2.45, 2.75) is 184 Å². The Morgan fingerprint density at radius 2 is 1.18 bits per heavy atom. The van der Waals surface area contributed by atoms with Crippen molar-refractivity contribution in [1.82, 2.24) is 47.0 Å². The first-order chi connectivity index (χ1) is 42.7. The van der Waals surface area contributed by atoms with Crippen LogP contribution in [-0.2, 0) is 70.4 Å². The van der Waals surface area contributed by atoms with E-state index < -0.39 is 163 Å². The van der Waals surface area contributed by atoms with Crippen molar-refractivity contribution in [2.75, 3.05) is 26.2 Å². The van der Waals surface area contributed by atoms with Crippen LogP contribution in [0.4, 0.5) is 0 Å². The molecule has 2 heterocycles. The average molecular weight is 1260 g/mol. The molecule has 0 spiro atoms. The number of carboxylic acid groups (broad SMARTS) is 2. The van der Waals surface area contributed by atoms with Crippen LogP contribution in [0.1, 0.15) is 115 Å². The maximum atomic E-state index is 15.1. The number of carbonyl (C=O) groups is 12. The summed E-state index contributed by atoms with van der Waals surface area (Å²) in [6, 6.07) is 0.376. The number of amides is 10.